The van der Waals surface area contributed by atoms with Crippen LogP contribution in [0.5, 0.6) is 0 Å². The van der Waals surface area contributed by atoms with Gasteiger partial charge in [0.15, 0.2) is 0 Å². The first-order valence-corrected chi connectivity index (χ1v) is 7.93. The second kappa shape index (κ2) is 6.20. The summed E-state index contributed by atoms with van der Waals surface area (Å²) in [7, 11) is 0. The molecule has 0 saturated heterocycles. The third kappa shape index (κ3) is 2.49. The summed E-state index contributed by atoms with van der Waals surface area (Å²) in [5, 5.41) is -0.166. The van der Waals surface area contributed by atoms with Crippen molar-refractivity contribution in [2.75, 3.05) is 0 Å². The van der Waals surface area contributed by atoms with Crippen molar-refractivity contribution in [1.82, 2.24) is 19.1 Å². The van der Waals surface area contributed by atoms with Gasteiger partial charge in [-0.2, -0.15) is 0 Å². The Balaban J connectivity index is 2.24. The van der Waals surface area contributed by atoms with E-state index in [-0.39, 0.29) is 21.6 Å². The summed E-state index contributed by atoms with van der Waals surface area (Å²) in [6.45, 7) is 0. The normalized spacial score (nSPS) is 11.0. The second-order valence-corrected chi connectivity index (χ2v) is 5.88. The summed E-state index contributed by atoms with van der Waals surface area (Å²) in [5.41, 5.74) is -0.403. The molecule has 6 nitrogen and oxygen atoms in total. The van der Waals surface area contributed by atoms with Gasteiger partial charge in [-0.05, 0) is 24.3 Å². The molecule has 0 bridgehead atoms. The van der Waals surface area contributed by atoms with E-state index in [1.807, 2.05) is 0 Å². The van der Waals surface area contributed by atoms with Crippen LogP contribution >= 0.6 is 11.6 Å². The van der Waals surface area contributed by atoms with Crippen molar-refractivity contribution < 1.29 is 4.39 Å². The fourth-order valence-corrected chi connectivity index (χ4v) is 2.92. The van der Waals surface area contributed by atoms with E-state index < -0.39 is 17.1 Å². The van der Waals surface area contributed by atoms with Gasteiger partial charge >= 0.3 is 5.69 Å². The first kappa shape index (κ1) is 16.2. The summed E-state index contributed by atoms with van der Waals surface area (Å²) in [6, 6.07) is 11.0. The van der Waals surface area contributed by atoms with Crippen molar-refractivity contribution in [2.24, 2.45) is 0 Å². The van der Waals surface area contributed by atoms with E-state index in [4.69, 9.17) is 11.6 Å². The minimum Gasteiger partial charge on any atom is -0.268 e. The average Bonchev–Trinajstić information content (AvgIpc) is 2.66. The minimum absolute atomic E-state index is 0.0132. The highest BCUT2D eigenvalue weighted by Gasteiger charge is 2.18. The van der Waals surface area contributed by atoms with Crippen LogP contribution in [0.3, 0.4) is 0 Å². The Morgan fingerprint density at radius 1 is 0.923 bits per heavy atom. The van der Waals surface area contributed by atoms with E-state index in [2.05, 4.69) is 9.97 Å². The Hall–Kier alpha value is -3.32. The quantitative estimate of drug-likeness (QED) is 0.545. The van der Waals surface area contributed by atoms with Gasteiger partial charge in [0.1, 0.15) is 12.1 Å². The molecular weight excluding hydrogens is 359 g/mol. The van der Waals surface area contributed by atoms with Crippen molar-refractivity contribution in [1.29, 1.82) is 0 Å². The smallest absolute Gasteiger partial charge is 0.268 e. The number of halogens is 2. The molecule has 0 saturated carbocycles. The molecule has 128 valence electrons. The molecule has 0 unspecified atom stereocenters. The first-order valence-electron chi connectivity index (χ1n) is 7.55. The lowest BCUT2D eigenvalue weighted by atomic mass is 10.2. The second-order valence-electron chi connectivity index (χ2n) is 5.47. The van der Waals surface area contributed by atoms with Gasteiger partial charge in [-0.3, -0.25) is 9.36 Å². The predicted octanol–water partition coefficient (Wildman–Crippen LogP) is 2.72. The third-order valence-corrected chi connectivity index (χ3v) is 4.20. The Morgan fingerprint density at radius 2 is 1.62 bits per heavy atom. The first-order chi connectivity index (χ1) is 12.6. The number of nitrogens with zero attached hydrogens (tertiary/aromatic N) is 4. The molecule has 0 N–H and O–H groups in total. The zero-order valence-electron chi connectivity index (χ0n) is 13.1. The Bertz CT molecular complexity index is 1240. The molecule has 0 fully saturated rings. The van der Waals surface area contributed by atoms with Crippen LogP contribution in [-0.2, 0) is 0 Å². The fourth-order valence-electron chi connectivity index (χ4n) is 2.76. The van der Waals surface area contributed by atoms with Crippen molar-refractivity contribution in [3.63, 3.8) is 0 Å². The molecule has 0 amide bonds. The third-order valence-electron chi connectivity index (χ3n) is 3.92. The highest BCUT2D eigenvalue weighted by atomic mass is 35.5. The van der Waals surface area contributed by atoms with Gasteiger partial charge in [-0.15, -0.1) is 0 Å². The van der Waals surface area contributed by atoms with E-state index in [1.54, 1.807) is 30.3 Å². The van der Waals surface area contributed by atoms with Crippen molar-refractivity contribution in [2.45, 2.75) is 0 Å². The molecule has 8 heteroatoms. The van der Waals surface area contributed by atoms with Gasteiger partial charge < -0.3 is 0 Å². The lowest BCUT2D eigenvalue weighted by Gasteiger charge is -2.14. The number of hydrogen-bond acceptors (Lipinski definition) is 4. The molecule has 0 spiro atoms. The molecule has 4 rings (SSSR count). The maximum absolute atomic E-state index is 14.0. The van der Waals surface area contributed by atoms with E-state index in [0.717, 1.165) is 10.6 Å². The van der Waals surface area contributed by atoms with Crippen molar-refractivity contribution >= 4 is 22.5 Å². The Morgan fingerprint density at radius 3 is 2.31 bits per heavy atom. The Labute approximate surface area is 150 Å². The van der Waals surface area contributed by atoms with Gasteiger partial charge in [-0.1, -0.05) is 29.8 Å². The maximum atomic E-state index is 14.0. The predicted molar refractivity (Wildman–Crippen MR) is 95.7 cm³/mol. The topological polar surface area (TPSA) is 69.8 Å². The zero-order chi connectivity index (χ0) is 18.3. The molecule has 2 aromatic carbocycles. The standard InChI is InChI=1S/C18H10ClFN4O2/c19-14-7-16-13(6-15(14)20)17(25)24(12-8-21-10-22-9-12)18(26)23(16)11-4-2-1-3-5-11/h1-10H. The van der Waals surface area contributed by atoms with Gasteiger partial charge in [0.25, 0.3) is 5.56 Å². The monoisotopic (exact) mass is 368 g/mol. The summed E-state index contributed by atoms with van der Waals surface area (Å²) >= 11 is 5.89. The number of benzene rings is 2. The Kier molecular flexibility index (Phi) is 3.85. The van der Waals surface area contributed by atoms with E-state index >= 15 is 0 Å². The van der Waals surface area contributed by atoms with Crippen LogP contribution < -0.4 is 11.2 Å². The molecule has 0 aliphatic carbocycles. The van der Waals surface area contributed by atoms with Crippen LogP contribution in [0.25, 0.3) is 22.3 Å². The van der Waals surface area contributed by atoms with Crippen LogP contribution in [0.4, 0.5) is 4.39 Å². The summed E-state index contributed by atoms with van der Waals surface area (Å²) in [5.74, 6) is -0.745. The molecule has 2 aromatic heterocycles. The molecule has 0 aliphatic heterocycles. The molecule has 0 radical (unpaired) electrons. The highest BCUT2D eigenvalue weighted by Crippen LogP contribution is 2.22. The highest BCUT2D eigenvalue weighted by molar-refractivity contribution is 6.31. The number of para-hydroxylation sites is 1. The number of aromatic nitrogens is 4. The summed E-state index contributed by atoms with van der Waals surface area (Å²) in [4.78, 5) is 33.7. The lowest BCUT2D eigenvalue weighted by Crippen LogP contribution is -2.38. The molecule has 0 atom stereocenters. The van der Waals surface area contributed by atoms with Crippen molar-refractivity contribution in [3.8, 4) is 11.4 Å². The fraction of sp³-hybridized carbons (Fsp3) is 0. The van der Waals surface area contributed by atoms with Crippen molar-refractivity contribution in [3.05, 3.63) is 92.9 Å². The van der Waals surface area contributed by atoms with Gasteiger partial charge in [0.2, 0.25) is 0 Å². The molecule has 2 heterocycles. The zero-order valence-corrected chi connectivity index (χ0v) is 13.9. The van der Waals surface area contributed by atoms with Gasteiger partial charge in [-0.25, -0.2) is 23.7 Å². The van der Waals surface area contributed by atoms with Gasteiger partial charge in [0.05, 0.1) is 39.7 Å². The van der Waals surface area contributed by atoms with Crippen LogP contribution in [0.1, 0.15) is 0 Å². The largest absolute Gasteiger partial charge is 0.340 e. The van der Waals surface area contributed by atoms with Crippen LogP contribution in [0, 0.1) is 5.82 Å². The van der Waals surface area contributed by atoms with Crippen LogP contribution in [-0.4, -0.2) is 19.1 Å². The molecular formula is C18H10ClFN4O2. The molecule has 4 aromatic rings. The number of rotatable bonds is 2. The number of hydrogen-bond donors (Lipinski definition) is 0. The van der Waals surface area contributed by atoms with E-state index in [1.165, 1.54) is 29.4 Å². The molecule has 0 aliphatic rings. The molecule has 26 heavy (non-hydrogen) atoms. The van der Waals surface area contributed by atoms with Crippen LogP contribution in [0.2, 0.25) is 5.02 Å². The van der Waals surface area contributed by atoms with Crippen LogP contribution in [0.15, 0.2) is 70.8 Å². The summed E-state index contributed by atoms with van der Waals surface area (Å²) in [6.07, 6.45) is 3.96. The lowest BCUT2D eigenvalue weighted by molar-refractivity contribution is 0.629. The number of fused-ring (bicyclic) bond motifs is 1. The van der Waals surface area contributed by atoms with E-state index in [9.17, 15) is 14.0 Å². The SMILES string of the molecule is O=c1c2cc(F)c(Cl)cc2n(-c2ccccc2)c(=O)n1-c1cncnc1. The van der Waals surface area contributed by atoms with Gasteiger partial charge in [0, 0.05) is 0 Å². The maximum Gasteiger partial charge on any atom is 0.340 e. The minimum atomic E-state index is -0.745. The summed E-state index contributed by atoms with van der Waals surface area (Å²) < 4.78 is 16.2. The van der Waals surface area contributed by atoms with E-state index in [0.29, 0.717) is 5.69 Å². The average molecular weight is 369 g/mol.